The van der Waals surface area contributed by atoms with Gasteiger partial charge in [0.25, 0.3) is 5.56 Å². The van der Waals surface area contributed by atoms with Gasteiger partial charge in [0.05, 0.1) is 5.69 Å². The SMILES string of the molecule is COCOc1cc(-c2ccn(C)c(=O)c2)ccc1-c1ccc(N(C)[C@H]2CC3(C)CC[C@](C)(C2)N3C(=O)OC(C)(C)C)nn1. The minimum absolute atomic E-state index is 0.0702. The van der Waals surface area contributed by atoms with Crippen molar-refractivity contribution in [1.29, 1.82) is 0 Å². The minimum atomic E-state index is -0.538. The molecule has 0 saturated carbocycles. The maximum absolute atomic E-state index is 13.3. The summed E-state index contributed by atoms with van der Waals surface area (Å²) in [7, 11) is 5.34. The highest BCUT2D eigenvalue weighted by Gasteiger charge is 2.59. The number of rotatable bonds is 7. The van der Waals surface area contributed by atoms with Crippen LogP contribution in [0.25, 0.3) is 22.4 Å². The van der Waals surface area contributed by atoms with Crippen molar-refractivity contribution in [2.75, 3.05) is 25.9 Å². The summed E-state index contributed by atoms with van der Waals surface area (Å²) in [5, 5.41) is 9.19. The fourth-order valence-corrected chi connectivity index (χ4v) is 6.64. The maximum atomic E-state index is 13.3. The molecule has 2 saturated heterocycles. The number of nitrogens with zero attached hydrogens (tertiary/aromatic N) is 5. The molecule has 1 amide bonds. The number of hydrogen-bond acceptors (Lipinski definition) is 8. The van der Waals surface area contributed by atoms with Gasteiger partial charge in [-0.2, -0.15) is 0 Å². The average Bonchev–Trinajstić information content (AvgIpc) is 3.12. The first-order chi connectivity index (χ1) is 20.2. The van der Waals surface area contributed by atoms with Crippen LogP contribution in [0.5, 0.6) is 5.75 Å². The molecule has 0 N–H and O–H groups in total. The first kappa shape index (κ1) is 30.5. The monoisotopic (exact) mass is 589 g/mol. The molecule has 2 aliphatic heterocycles. The standard InChI is InChI=1S/C33H43N5O5/c1-31(2,3)43-30(40)38-32(4)14-15-33(38,5)20-24(19-32)37(7)28-12-11-26(34-35-28)25-10-9-22(17-27(25)42-21-41-8)23-13-16-36(6)29(39)18-23/h9-13,16-18,24H,14-15,19-21H2,1-8H3/t24-,32-,33?/m1/s1. The van der Waals surface area contributed by atoms with Crippen LogP contribution in [0.1, 0.15) is 60.3 Å². The summed E-state index contributed by atoms with van der Waals surface area (Å²) < 4.78 is 18.4. The lowest BCUT2D eigenvalue weighted by Gasteiger charge is -2.52. The number of pyridine rings is 1. The predicted octanol–water partition coefficient (Wildman–Crippen LogP) is 5.64. The van der Waals surface area contributed by atoms with Gasteiger partial charge in [-0.25, -0.2) is 4.79 Å². The Morgan fingerprint density at radius 3 is 2.28 bits per heavy atom. The number of benzene rings is 1. The zero-order valence-electron chi connectivity index (χ0n) is 26.5. The Bertz CT molecular complexity index is 1530. The van der Waals surface area contributed by atoms with Crippen LogP contribution in [0.15, 0.2) is 53.5 Å². The van der Waals surface area contributed by atoms with Crippen molar-refractivity contribution in [3.8, 4) is 28.1 Å². The number of aryl methyl sites for hydroxylation is 1. The number of hydrogen-bond donors (Lipinski definition) is 0. The number of fused-ring (bicyclic) bond motifs is 2. The second-order valence-corrected chi connectivity index (χ2v) is 13.4. The van der Waals surface area contributed by atoms with Gasteiger partial charge in [0.1, 0.15) is 11.4 Å². The van der Waals surface area contributed by atoms with Gasteiger partial charge < -0.3 is 23.7 Å². The quantitative estimate of drug-likeness (QED) is 0.327. The fourth-order valence-electron chi connectivity index (χ4n) is 6.64. The molecule has 3 aromatic rings. The van der Waals surface area contributed by atoms with Crippen LogP contribution in [0.4, 0.5) is 10.6 Å². The molecule has 10 nitrogen and oxygen atoms in total. The molecule has 4 heterocycles. The molecule has 2 aromatic heterocycles. The Kier molecular flexibility index (Phi) is 8.02. The third-order valence-corrected chi connectivity index (χ3v) is 8.80. The molecular formula is C33H43N5O5. The molecule has 230 valence electrons. The van der Waals surface area contributed by atoms with E-state index in [1.807, 2.05) is 62.1 Å². The first-order valence-corrected chi connectivity index (χ1v) is 14.8. The zero-order valence-corrected chi connectivity index (χ0v) is 26.5. The molecule has 0 spiro atoms. The van der Waals surface area contributed by atoms with Crippen molar-refractivity contribution in [1.82, 2.24) is 19.7 Å². The van der Waals surface area contributed by atoms with E-state index < -0.39 is 5.60 Å². The minimum Gasteiger partial charge on any atom is -0.467 e. The van der Waals surface area contributed by atoms with Gasteiger partial charge in [-0.3, -0.25) is 9.69 Å². The van der Waals surface area contributed by atoms with Gasteiger partial charge in [0.15, 0.2) is 12.6 Å². The van der Waals surface area contributed by atoms with Crippen molar-refractivity contribution < 1.29 is 19.0 Å². The molecule has 2 bridgehead atoms. The molecule has 10 heteroatoms. The lowest BCUT2D eigenvalue weighted by Crippen LogP contribution is -2.63. The molecule has 43 heavy (non-hydrogen) atoms. The van der Waals surface area contributed by atoms with Crippen LogP contribution >= 0.6 is 0 Å². The Labute approximate surface area is 253 Å². The summed E-state index contributed by atoms with van der Waals surface area (Å²) in [4.78, 5) is 29.6. The second-order valence-electron chi connectivity index (χ2n) is 13.4. The first-order valence-electron chi connectivity index (χ1n) is 14.8. The molecular weight excluding hydrogens is 546 g/mol. The largest absolute Gasteiger partial charge is 0.467 e. The second kappa shape index (κ2) is 11.3. The highest BCUT2D eigenvalue weighted by Crippen LogP contribution is 2.52. The Balaban J connectivity index is 1.37. The number of ether oxygens (including phenoxy) is 3. The smallest absolute Gasteiger partial charge is 0.411 e. The van der Waals surface area contributed by atoms with E-state index in [0.29, 0.717) is 11.4 Å². The number of amides is 1. The summed E-state index contributed by atoms with van der Waals surface area (Å²) in [5.41, 5.74) is 1.88. The Morgan fingerprint density at radius 1 is 1.02 bits per heavy atom. The van der Waals surface area contributed by atoms with Crippen molar-refractivity contribution in [2.45, 2.75) is 83.0 Å². The van der Waals surface area contributed by atoms with Crippen molar-refractivity contribution in [3.63, 3.8) is 0 Å². The molecule has 0 radical (unpaired) electrons. The summed E-state index contributed by atoms with van der Waals surface area (Å²) in [6, 6.07) is 13.4. The molecule has 2 fully saturated rings. The van der Waals surface area contributed by atoms with Gasteiger partial charge in [0, 0.05) is 56.2 Å². The number of carbonyl (C=O) groups excluding carboxylic acids is 1. The van der Waals surface area contributed by atoms with Gasteiger partial charge in [-0.1, -0.05) is 6.07 Å². The van der Waals surface area contributed by atoms with Crippen LogP contribution in [0.2, 0.25) is 0 Å². The lowest BCUT2D eigenvalue weighted by molar-refractivity contribution is -0.0357. The van der Waals surface area contributed by atoms with Crippen LogP contribution in [0.3, 0.4) is 0 Å². The van der Waals surface area contributed by atoms with Gasteiger partial charge in [-0.05, 0) is 102 Å². The van der Waals surface area contributed by atoms with Crippen molar-refractivity contribution in [2.24, 2.45) is 7.05 Å². The number of anilines is 1. The highest BCUT2D eigenvalue weighted by molar-refractivity contribution is 5.75. The van der Waals surface area contributed by atoms with Gasteiger partial charge in [0.2, 0.25) is 0 Å². The molecule has 1 aromatic carbocycles. The summed E-state index contributed by atoms with van der Waals surface area (Å²) in [6.45, 7) is 10.2. The number of methoxy groups -OCH3 is 1. The van der Waals surface area contributed by atoms with Crippen molar-refractivity contribution in [3.05, 3.63) is 59.0 Å². The number of piperidine rings is 1. The normalized spacial score (nSPS) is 23.3. The number of carbonyl (C=O) groups is 1. The van der Waals surface area contributed by atoms with Gasteiger partial charge in [-0.15, -0.1) is 10.2 Å². The van der Waals surface area contributed by atoms with E-state index in [-0.39, 0.29) is 35.6 Å². The molecule has 2 aliphatic rings. The molecule has 5 rings (SSSR count). The van der Waals surface area contributed by atoms with E-state index in [1.165, 1.54) is 4.57 Å². The van der Waals surface area contributed by atoms with Gasteiger partial charge >= 0.3 is 6.09 Å². The van der Waals surface area contributed by atoms with Crippen LogP contribution in [-0.2, 0) is 16.5 Å². The molecule has 1 unspecified atom stereocenters. The van der Waals surface area contributed by atoms with Crippen LogP contribution in [0, 0.1) is 0 Å². The maximum Gasteiger partial charge on any atom is 0.411 e. The summed E-state index contributed by atoms with van der Waals surface area (Å²) in [5.74, 6) is 1.35. The average molecular weight is 590 g/mol. The van der Waals surface area contributed by atoms with Crippen LogP contribution < -0.4 is 15.2 Å². The van der Waals surface area contributed by atoms with E-state index in [0.717, 1.165) is 48.2 Å². The Hall–Kier alpha value is -3.92. The third-order valence-electron chi connectivity index (χ3n) is 8.80. The third kappa shape index (κ3) is 6.11. The Morgan fingerprint density at radius 2 is 1.70 bits per heavy atom. The molecule has 3 atom stereocenters. The topological polar surface area (TPSA) is 99.0 Å². The predicted molar refractivity (Wildman–Crippen MR) is 166 cm³/mol. The van der Waals surface area contributed by atoms with E-state index in [2.05, 4.69) is 36.0 Å². The molecule has 0 aliphatic carbocycles. The van der Waals surface area contributed by atoms with Crippen molar-refractivity contribution >= 4 is 11.9 Å². The summed E-state index contributed by atoms with van der Waals surface area (Å²) in [6.07, 6.45) is 5.04. The van der Waals surface area contributed by atoms with E-state index in [4.69, 9.17) is 14.2 Å². The van der Waals surface area contributed by atoms with Crippen LogP contribution in [-0.4, -0.2) is 69.4 Å². The van der Waals surface area contributed by atoms with E-state index in [1.54, 1.807) is 26.4 Å². The lowest BCUT2D eigenvalue weighted by atomic mass is 9.82. The van der Waals surface area contributed by atoms with E-state index in [9.17, 15) is 9.59 Å². The highest BCUT2D eigenvalue weighted by atomic mass is 16.7. The number of aromatic nitrogens is 3. The fraction of sp³-hybridized carbons (Fsp3) is 0.515. The summed E-state index contributed by atoms with van der Waals surface area (Å²) >= 11 is 0. The van der Waals surface area contributed by atoms with E-state index >= 15 is 0 Å². The zero-order chi connectivity index (χ0) is 31.2.